The molecule has 0 aromatic heterocycles. The number of aryl methyl sites for hydroxylation is 1. The number of carbonyl (C=O) groups excluding carboxylic acids is 1. The minimum Gasteiger partial charge on any atom is -0.497 e. The average Bonchev–Trinajstić information content (AvgIpc) is 2.59. The third-order valence-electron chi connectivity index (χ3n) is 3.60. The molecule has 2 rings (SSSR count). The number of ether oxygens (including phenoxy) is 2. The lowest BCUT2D eigenvalue weighted by Gasteiger charge is -2.15. The average molecular weight is 382 g/mol. The molecule has 2 aromatic carbocycles. The smallest absolute Gasteiger partial charge is 0.220 e. The Hall–Kier alpha value is -1.91. The Morgan fingerprint density at radius 1 is 1.12 bits per heavy atom. The zero-order chi connectivity index (χ0) is 18.2. The fourth-order valence-corrected chi connectivity index (χ4v) is 2.76. The zero-order valence-corrected chi connectivity index (χ0v) is 15.7. The topological polar surface area (TPSA) is 47.6 Å². The minimum atomic E-state index is -0.102. The van der Waals surface area contributed by atoms with E-state index in [2.05, 4.69) is 5.32 Å². The molecule has 0 aliphatic heterocycles. The lowest BCUT2D eigenvalue weighted by Crippen LogP contribution is -2.36. The van der Waals surface area contributed by atoms with Crippen LogP contribution < -0.4 is 14.8 Å². The van der Waals surface area contributed by atoms with Crippen molar-refractivity contribution in [3.05, 3.63) is 58.1 Å². The fraction of sp³-hybridized carbons (Fsp3) is 0.316. The molecule has 0 heterocycles. The van der Waals surface area contributed by atoms with E-state index in [1.165, 1.54) is 0 Å². The van der Waals surface area contributed by atoms with Crippen LogP contribution in [-0.4, -0.2) is 25.7 Å². The van der Waals surface area contributed by atoms with E-state index in [4.69, 9.17) is 32.7 Å². The van der Waals surface area contributed by atoms with Gasteiger partial charge in [0.05, 0.1) is 13.2 Å². The van der Waals surface area contributed by atoms with Crippen molar-refractivity contribution in [3.63, 3.8) is 0 Å². The van der Waals surface area contributed by atoms with Gasteiger partial charge in [-0.05, 0) is 55.3 Å². The molecule has 0 fully saturated rings. The normalized spacial score (nSPS) is 11.7. The monoisotopic (exact) mass is 381 g/mol. The number of amides is 1. The summed E-state index contributed by atoms with van der Waals surface area (Å²) >= 11 is 12.0. The van der Waals surface area contributed by atoms with Crippen molar-refractivity contribution in [2.45, 2.75) is 25.8 Å². The Labute approximate surface area is 158 Å². The van der Waals surface area contributed by atoms with Gasteiger partial charge in [0.25, 0.3) is 0 Å². The summed E-state index contributed by atoms with van der Waals surface area (Å²) in [6.45, 7) is 2.29. The fourth-order valence-electron chi connectivity index (χ4n) is 2.25. The molecule has 1 N–H and O–H groups in total. The predicted molar refractivity (Wildman–Crippen MR) is 101 cm³/mol. The standard InChI is InChI=1S/C19H21Cl2NO3/c1-13(12-25-17-8-6-16(24-2)7-9-17)22-19(23)10-4-14-3-5-15(20)11-18(14)21/h3,5-9,11,13H,4,10,12H2,1-2H3,(H,22,23). The molecule has 0 saturated carbocycles. The van der Waals surface area contributed by atoms with Crippen LogP contribution in [0.5, 0.6) is 11.5 Å². The van der Waals surface area contributed by atoms with Crippen molar-refractivity contribution in [2.75, 3.05) is 13.7 Å². The first-order chi connectivity index (χ1) is 12.0. The number of hydrogen-bond donors (Lipinski definition) is 1. The van der Waals surface area contributed by atoms with Gasteiger partial charge in [-0.3, -0.25) is 4.79 Å². The van der Waals surface area contributed by atoms with E-state index in [1.807, 2.05) is 37.3 Å². The van der Waals surface area contributed by atoms with Crippen LogP contribution in [0.25, 0.3) is 0 Å². The lowest BCUT2D eigenvalue weighted by atomic mass is 10.1. The SMILES string of the molecule is COc1ccc(OCC(C)NC(=O)CCc2ccc(Cl)cc2Cl)cc1. The maximum Gasteiger partial charge on any atom is 0.220 e. The number of rotatable bonds is 8. The number of hydrogen-bond acceptors (Lipinski definition) is 3. The zero-order valence-electron chi connectivity index (χ0n) is 14.2. The highest BCUT2D eigenvalue weighted by Crippen LogP contribution is 2.22. The van der Waals surface area contributed by atoms with Crippen LogP contribution in [0.1, 0.15) is 18.9 Å². The highest BCUT2D eigenvalue weighted by atomic mass is 35.5. The Morgan fingerprint density at radius 2 is 1.80 bits per heavy atom. The van der Waals surface area contributed by atoms with Crippen LogP contribution in [-0.2, 0) is 11.2 Å². The van der Waals surface area contributed by atoms with Gasteiger partial charge in [0, 0.05) is 16.5 Å². The summed E-state index contributed by atoms with van der Waals surface area (Å²) < 4.78 is 10.8. The quantitative estimate of drug-likeness (QED) is 0.730. The van der Waals surface area contributed by atoms with Gasteiger partial charge in [-0.1, -0.05) is 29.3 Å². The molecule has 25 heavy (non-hydrogen) atoms. The second-order valence-electron chi connectivity index (χ2n) is 5.69. The molecular formula is C19H21Cl2NO3. The number of benzene rings is 2. The van der Waals surface area contributed by atoms with Gasteiger partial charge >= 0.3 is 0 Å². The Morgan fingerprint density at radius 3 is 2.44 bits per heavy atom. The predicted octanol–water partition coefficient (Wildman–Crippen LogP) is 4.52. The summed E-state index contributed by atoms with van der Waals surface area (Å²) in [6.07, 6.45) is 0.919. The summed E-state index contributed by atoms with van der Waals surface area (Å²) in [5, 5.41) is 4.08. The molecule has 0 radical (unpaired) electrons. The number of carbonyl (C=O) groups is 1. The van der Waals surface area contributed by atoms with Gasteiger partial charge in [0.15, 0.2) is 0 Å². The van der Waals surface area contributed by atoms with Gasteiger partial charge in [-0.2, -0.15) is 0 Å². The summed E-state index contributed by atoms with van der Waals surface area (Å²) in [5.41, 5.74) is 0.906. The molecule has 2 aromatic rings. The van der Waals surface area contributed by atoms with Gasteiger partial charge in [0.1, 0.15) is 18.1 Å². The molecular weight excluding hydrogens is 361 g/mol. The maximum absolute atomic E-state index is 12.0. The molecule has 6 heteroatoms. The van der Waals surface area contributed by atoms with E-state index in [-0.39, 0.29) is 11.9 Å². The second kappa shape index (κ2) is 9.54. The van der Waals surface area contributed by atoms with Crippen LogP contribution in [0.4, 0.5) is 0 Å². The van der Waals surface area contributed by atoms with Crippen molar-refractivity contribution in [1.82, 2.24) is 5.32 Å². The third-order valence-corrected chi connectivity index (χ3v) is 4.19. The summed E-state index contributed by atoms with van der Waals surface area (Å²) in [6, 6.07) is 12.5. The first kappa shape index (κ1) is 19.4. The molecule has 1 atom stereocenters. The Bertz CT molecular complexity index is 704. The van der Waals surface area contributed by atoms with E-state index in [9.17, 15) is 4.79 Å². The first-order valence-electron chi connectivity index (χ1n) is 7.98. The number of nitrogens with one attached hydrogen (secondary N) is 1. The van der Waals surface area contributed by atoms with Crippen LogP contribution in [0.15, 0.2) is 42.5 Å². The third kappa shape index (κ3) is 6.48. The molecule has 4 nitrogen and oxygen atoms in total. The molecule has 134 valence electrons. The van der Waals surface area contributed by atoms with Crippen molar-refractivity contribution in [1.29, 1.82) is 0 Å². The van der Waals surface area contributed by atoms with Crippen molar-refractivity contribution >= 4 is 29.1 Å². The van der Waals surface area contributed by atoms with E-state index in [1.54, 1.807) is 19.2 Å². The highest BCUT2D eigenvalue weighted by molar-refractivity contribution is 6.35. The van der Waals surface area contributed by atoms with Crippen molar-refractivity contribution < 1.29 is 14.3 Å². The molecule has 1 unspecified atom stereocenters. The van der Waals surface area contributed by atoms with Crippen LogP contribution in [0.2, 0.25) is 10.0 Å². The van der Waals surface area contributed by atoms with Crippen molar-refractivity contribution in [3.8, 4) is 11.5 Å². The maximum atomic E-state index is 12.0. The minimum absolute atomic E-state index is 0.0446. The summed E-state index contributed by atoms with van der Waals surface area (Å²) in [4.78, 5) is 12.0. The van der Waals surface area contributed by atoms with Crippen LogP contribution >= 0.6 is 23.2 Å². The van der Waals surface area contributed by atoms with E-state index < -0.39 is 0 Å². The summed E-state index contributed by atoms with van der Waals surface area (Å²) in [7, 11) is 1.62. The molecule has 1 amide bonds. The molecule has 0 saturated heterocycles. The largest absolute Gasteiger partial charge is 0.497 e. The first-order valence-corrected chi connectivity index (χ1v) is 8.73. The summed E-state index contributed by atoms with van der Waals surface area (Å²) in [5.74, 6) is 1.46. The van der Waals surface area contributed by atoms with E-state index >= 15 is 0 Å². The van der Waals surface area contributed by atoms with Gasteiger partial charge in [-0.15, -0.1) is 0 Å². The number of halogens is 2. The number of methoxy groups -OCH3 is 1. The van der Waals surface area contributed by atoms with Gasteiger partial charge in [0.2, 0.25) is 5.91 Å². The lowest BCUT2D eigenvalue weighted by molar-refractivity contribution is -0.121. The Balaban J connectivity index is 1.73. The molecule has 0 bridgehead atoms. The van der Waals surface area contributed by atoms with Gasteiger partial charge < -0.3 is 14.8 Å². The molecule has 0 aliphatic carbocycles. The second-order valence-corrected chi connectivity index (χ2v) is 6.53. The molecule has 0 aliphatic rings. The van der Waals surface area contributed by atoms with Gasteiger partial charge in [-0.25, -0.2) is 0 Å². The molecule has 0 spiro atoms. The van der Waals surface area contributed by atoms with Crippen molar-refractivity contribution in [2.24, 2.45) is 0 Å². The van der Waals surface area contributed by atoms with E-state index in [0.29, 0.717) is 29.5 Å². The van der Waals surface area contributed by atoms with Crippen LogP contribution in [0, 0.1) is 0 Å². The van der Waals surface area contributed by atoms with Crippen LogP contribution in [0.3, 0.4) is 0 Å². The highest BCUT2D eigenvalue weighted by Gasteiger charge is 2.10. The van der Waals surface area contributed by atoms with E-state index in [0.717, 1.165) is 17.1 Å². The Kier molecular flexibility index (Phi) is 7.41.